The molecule has 0 heterocycles. The molecule has 0 aromatic heterocycles. The zero-order chi connectivity index (χ0) is 14.3. The Labute approximate surface area is 128 Å². The van der Waals surface area contributed by atoms with E-state index in [0.717, 1.165) is 28.8 Å². The van der Waals surface area contributed by atoms with Crippen molar-refractivity contribution in [3.05, 3.63) is 28.2 Å². The van der Waals surface area contributed by atoms with Crippen molar-refractivity contribution in [3.8, 4) is 0 Å². The van der Waals surface area contributed by atoms with E-state index in [0.29, 0.717) is 12.1 Å². The summed E-state index contributed by atoms with van der Waals surface area (Å²) in [7, 11) is 0. The number of nitrogens with one attached hydrogen (secondary N) is 1. The number of rotatable bonds is 7. The molecule has 106 valence electrons. The van der Waals surface area contributed by atoms with Gasteiger partial charge < -0.3 is 10.1 Å². The van der Waals surface area contributed by atoms with Crippen molar-refractivity contribution >= 4 is 34.5 Å². The largest absolute Gasteiger partial charge is 0.379 e. The van der Waals surface area contributed by atoms with Gasteiger partial charge in [0.05, 0.1) is 11.7 Å². The summed E-state index contributed by atoms with van der Waals surface area (Å²) in [6.45, 7) is 5.43. The monoisotopic (exact) mass is 345 g/mol. The molecule has 1 aromatic carbocycles. The van der Waals surface area contributed by atoms with Gasteiger partial charge in [0.15, 0.2) is 0 Å². The van der Waals surface area contributed by atoms with Gasteiger partial charge in [-0.15, -0.1) is 12.6 Å². The van der Waals surface area contributed by atoms with Gasteiger partial charge >= 0.3 is 0 Å². The Morgan fingerprint density at radius 2 is 2.16 bits per heavy atom. The Morgan fingerprint density at radius 1 is 1.42 bits per heavy atom. The van der Waals surface area contributed by atoms with E-state index in [1.165, 1.54) is 0 Å². The summed E-state index contributed by atoms with van der Waals surface area (Å²) < 4.78 is 6.22. The van der Waals surface area contributed by atoms with E-state index in [2.05, 4.69) is 33.9 Å². The highest BCUT2D eigenvalue weighted by Gasteiger charge is 2.09. The van der Waals surface area contributed by atoms with E-state index >= 15 is 0 Å². The Bertz CT molecular complexity index is 424. The van der Waals surface area contributed by atoms with Gasteiger partial charge in [-0.25, -0.2) is 0 Å². The van der Waals surface area contributed by atoms with Gasteiger partial charge in [-0.2, -0.15) is 0 Å². The fourth-order valence-corrected chi connectivity index (χ4v) is 2.16. The van der Waals surface area contributed by atoms with Gasteiger partial charge in [-0.1, -0.05) is 0 Å². The summed E-state index contributed by atoms with van der Waals surface area (Å²) in [4.78, 5) is 12.7. The number of halogens is 1. The minimum atomic E-state index is -0.0763. The standard InChI is InChI=1S/C14H20BrNO2S/c1-10(2)18-8-4-3-7-16-14(17)12-9-11(19)5-6-13(12)15/h5-6,9-10,19H,3-4,7-8H2,1-2H3,(H,16,17). The number of ether oxygens (including phenoxy) is 1. The Kier molecular flexibility index (Phi) is 7.49. The minimum absolute atomic E-state index is 0.0763. The summed E-state index contributed by atoms with van der Waals surface area (Å²) >= 11 is 7.60. The van der Waals surface area contributed by atoms with Crippen molar-refractivity contribution in [2.24, 2.45) is 0 Å². The van der Waals surface area contributed by atoms with Crippen LogP contribution in [0.5, 0.6) is 0 Å². The van der Waals surface area contributed by atoms with Crippen LogP contribution < -0.4 is 5.32 Å². The lowest BCUT2D eigenvalue weighted by molar-refractivity contribution is 0.0754. The number of benzene rings is 1. The lowest BCUT2D eigenvalue weighted by atomic mass is 10.2. The third kappa shape index (κ3) is 6.45. The van der Waals surface area contributed by atoms with Gasteiger partial charge in [0.2, 0.25) is 0 Å². The third-order valence-electron chi connectivity index (χ3n) is 2.50. The molecule has 1 aromatic rings. The fourth-order valence-electron chi connectivity index (χ4n) is 1.53. The summed E-state index contributed by atoms with van der Waals surface area (Å²) in [6.07, 6.45) is 2.13. The van der Waals surface area contributed by atoms with E-state index in [9.17, 15) is 4.79 Å². The number of thiol groups is 1. The van der Waals surface area contributed by atoms with Gasteiger partial charge in [-0.05, 0) is 60.8 Å². The summed E-state index contributed by atoms with van der Waals surface area (Å²) in [5.74, 6) is -0.0763. The van der Waals surface area contributed by atoms with E-state index in [1.807, 2.05) is 26.0 Å². The molecule has 0 saturated heterocycles. The third-order valence-corrected chi connectivity index (χ3v) is 3.47. The molecule has 3 nitrogen and oxygen atoms in total. The molecule has 1 N–H and O–H groups in total. The van der Waals surface area contributed by atoms with Crippen molar-refractivity contribution in [3.63, 3.8) is 0 Å². The number of carbonyl (C=O) groups is 1. The highest BCUT2D eigenvalue weighted by molar-refractivity contribution is 9.10. The van der Waals surface area contributed by atoms with Crippen LogP contribution in [0.25, 0.3) is 0 Å². The molecular weight excluding hydrogens is 326 g/mol. The van der Waals surface area contributed by atoms with E-state index in [1.54, 1.807) is 6.07 Å². The molecule has 5 heteroatoms. The molecule has 0 aliphatic carbocycles. The molecular formula is C14H20BrNO2S. The zero-order valence-electron chi connectivity index (χ0n) is 11.3. The Morgan fingerprint density at radius 3 is 2.84 bits per heavy atom. The summed E-state index contributed by atoms with van der Waals surface area (Å²) in [5, 5.41) is 2.90. The van der Waals surface area contributed by atoms with Crippen LogP contribution in [-0.2, 0) is 4.74 Å². The van der Waals surface area contributed by atoms with Gasteiger partial charge in [-0.3, -0.25) is 4.79 Å². The second-order valence-electron chi connectivity index (χ2n) is 4.55. The van der Waals surface area contributed by atoms with Gasteiger partial charge in [0.25, 0.3) is 5.91 Å². The first-order valence-electron chi connectivity index (χ1n) is 6.39. The Hall–Kier alpha value is -0.520. The van der Waals surface area contributed by atoms with Crippen molar-refractivity contribution in [2.75, 3.05) is 13.2 Å². The second-order valence-corrected chi connectivity index (χ2v) is 5.92. The van der Waals surface area contributed by atoms with Crippen molar-refractivity contribution in [1.82, 2.24) is 5.32 Å². The molecule has 0 saturated carbocycles. The molecule has 0 fully saturated rings. The lowest BCUT2D eigenvalue weighted by Crippen LogP contribution is -2.25. The smallest absolute Gasteiger partial charge is 0.252 e. The van der Waals surface area contributed by atoms with Gasteiger partial charge in [0, 0.05) is 22.5 Å². The van der Waals surface area contributed by atoms with Crippen molar-refractivity contribution < 1.29 is 9.53 Å². The van der Waals surface area contributed by atoms with Crippen molar-refractivity contribution in [2.45, 2.75) is 37.7 Å². The minimum Gasteiger partial charge on any atom is -0.379 e. The Balaban J connectivity index is 2.29. The van der Waals surface area contributed by atoms with Crippen LogP contribution in [0.15, 0.2) is 27.6 Å². The predicted octanol–water partition coefficient (Wildman–Crippen LogP) is 3.67. The van der Waals surface area contributed by atoms with Crippen LogP contribution in [0.4, 0.5) is 0 Å². The van der Waals surface area contributed by atoms with E-state index < -0.39 is 0 Å². The van der Waals surface area contributed by atoms with Crippen LogP contribution in [0.3, 0.4) is 0 Å². The molecule has 0 spiro atoms. The van der Waals surface area contributed by atoms with Gasteiger partial charge in [0.1, 0.15) is 0 Å². The number of carbonyl (C=O) groups excluding carboxylic acids is 1. The maximum atomic E-state index is 12.0. The normalized spacial score (nSPS) is 10.8. The lowest BCUT2D eigenvalue weighted by Gasteiger charge is -2.09. The molecule has 0 radical (unpaired) electrons. The van der Waals surface area contributed by atoms with Crippen LogP contribution >= 0.6 is 28.6 Å². The van der Waals surface area contributed by atoms with Crippen LogP contribution in [0, 0.1) is 0 Å². The highest BCUT2D eigenvalue weighted by atomic mass is 79.9. The summed E-state index contributed by atoms with van der Waals surface area (Å²) in [5.41, 5.74) is 0.617. The first-order valence-corrected chi connectivity index (χ1v) is 7.63. The molecule has 0 bridgehead atoms. The van der Waals surface area contributed by atoms with E-state index in [-0.39, 0.29) is 12.0 Å². The fraction of sp³-hybridized carbons (Fsp3) is 0.500. The highest BCUT2D eigenvalue weighted by Crippen LogP contribution is 2.20. The quantitative estimate of drug-likeness (QED) is 0.584. The molecule has 1 rings (SSSR count). The maximum Gasteiger partial charge on any atom is 0.252 e. The first kappa shape index (κ1) is 16.5. The molecule has 0 aliphatic heterocycles. The first-order chi connectivity index (χ1) is 9.00. The number of hydrogen-bond donors (Lipinski definition) is 2. The molecule has 0 aliphatic rings. The molecule has 0 unspecified atom stereocenters. The van der Waals surface area contributed by atoms with Crippen molar-refractivity contribution in [1.29, 1.82) is 0 Å². The topological polar surface area (TPSA) is 38.3 Å². The number of hydrogen-bond acceptors (Lipinski definition) is 3. The maximum absolute atomic E-state index is 12.0. The molecule has 0 atom stereocenters. The summed E-state index contributed by atoms with van der Waals surface area (Å²) in [6, 6.07) is 5.42. The zero-order valence-corrected chi connectivity index (χ0v) is 13.8. The second kappa shape index (κ2) is 8.61. The SMILES string of the molecule is CC(C)OCCCCNC(=O)c1cc(S)ccc1Br. The van der Waals surface area contributed by atoms with Crippen LogP contribution in [-0.4, -0.2) is 25.2 Å². The van der Waals surface area contributed by atoms with Crippen LogP contribution in [0.1, 0.15) is 37.0 Å². The van der Waals surface area contributed by atoms with Crippen LogP contribution in [0.2, 0.25) is 0 Å². The number of amides is 1. The molecule has 19 heavy (non-hydrogen) atoms. The molecule has 1 amide bonds. The van der Waals surface area contributed by atoms with E-state index in [4.69, 9.17) is 4.74 Å². The average Bonchev–Trinajstić information content (AvgIpc) is 2.36. The number of unbranched alkanes of at least 4 members (excludes halogenated alkanes) is 1. The average molecular weight is 346 g/mol. The predicted molar refractivity (Wildman–Crippen MR) is 84.0 cm³/mol.